The van der Waals surface area contributed by atoms with Crippen molar-refractivity contribution in [1.29, 1.82) is 0 Å². The molecule has 2 nitrogen and oxygen atoms in total. The zero-order valence-electron chi connectivity index (χ0n) is 8.71. The fourth-order valence-electron chi connectivity index (χ4n) is 1.24. The van der Waals surface area contributed by atoms with Gasteiger partial charge in [0.25, 0.3) is 0 Å². The van der Waals surface area contributed by atoms with Crippen LogP contribution < -0.4 is 0 Å². The van der Waals surface area contributed by atoms with Crippen LogP contribution in [0, 0.1) is 5.82 Å². The van der Waals surface area contributed by atoms with E-state index >= 15 is 0 Å². The van der Waals surface area contributed by atoms with Crippen molar-refractivity contribution in [2.24, 2.45) is 0 Å². The molecule has 0 amide bonds. The van der Waals surface area contributed by atoms with E-state index < -0.39 is 11.9 Å². The summed E-state index contributed by atoms with van der Waals surface area (Å²) < 4.78 is 18.3. The maximum Gasteiger partial charge on any atom is 0.127 e. The van der Waals surface area contributed by atoms with Gasteiger partial charge < -0.3 is 9.84 Å². The van der Waals surface area contributed by atoms with Crippen LogP contribution in [0.4, 0.5) is 4.39 Å². The highest BCUT2D eigenvalue weighted by molar-refractivity contribution is 6.30. The van der Waals surface area contributed by atoms with Gasteiger partial charge in [-0.2, -0.15) is 0 Å². The molecule has 84 valence electrons. The van der Waals surface area contributed by atoms with Crippen LogP contribution in [0.3, 0.4) is 0 Å². The Bertz CT molecular complexity index is 330. The van der Waals surface area contributed by atoms with Crippen LogP contribution in [0.1, 0.15) is 12.5 Å². The second-order valence-corrected chi connectivity index (χ2v) is 3.88. The molecule has 15 heavy (non-hydrogen) atoms. The standard InChI is InChI=1S/C11H14ClFO2/c1-7(15-2)11(14)5-8-3-4-9(12)6-10(8)13/h3-4,6-7,11,14H,5H2,1-2H3. The van der Waals surface area contributed by atoms with Crippen molar-refractivity contribution in [3.63, 3.8) is 0 Å². The highest BCUT2D eigenvalue weighted by Gasteiger charge is 2.15. The first-order valence-electron chi connectivity index (χ1n) is 4.69. The fourth-order valence-corrected chi connectivity index (χ4v) is 1.39. The summed E-state index contributed by atoms with van der Waals surface area (Å²) in [6, 6.07) is 4.41. The van der Waals surface area contributed by atoms with Crippen molar-refractivity contribution >= 4 is 11.6 Å². The van der Waals surface area contributed by atoms with E-state index in [1.807, 2.05) is 0 Å². The number of rotatable bonds is 4. The third kappa shape index (κ3) is 3.45. The molecule has 0 aromatic heterocycles. The number of hydrogen-bond donors (Lipinski definition) is 1. The number of halogens is 2. The summed E-state index contributed by atoms with van der Waals surface area (Å²) in [6.45, 7) is 1.73. The average molecular weight is 233 g/mol. The number of ether oxygens (including phenoxy) is 1. The summed E-state index contributed by atoms with van der Waals surface area (Å²) in [4.78, 5) is 0. The molecule has 1 aromatic carbocycles. The topological polar surface area (TPSA) is 29.5 Å². The van der Waals surface area contributed by atoms with Gasteiger partial charge in [0.05, 0.1) is 12.2 Å². The molecule has 0 radical (unpaired) electrons. The molecule has 0 spiro atoms. The van der Waals surface area contributed by atoms with E-state index in [4.69, 9.17) is 16.3 Å². The van der Waals surface area contributed by atoms with Gasteiger partial charge in [-0.3, -0.25) is 0 Å². The molecule has 0 aliphatic heterocycles. The first kappa shape index (κ1) is 12.4. The Morgan fingerprint density at radius 2 is 2.20 bits per heavy atom. The van der Waals surface area contributed by atoms with Crippen molar-refractivity contribution in [3.8, 4) is 0 Å². The maximum absolute atomic E-state index is 13.3. The lowest BCUT2D eigenvalue weighted by Crippen LogP contribution is -2.27. The van der Waals surface area contributed by atoms with Crippen molar-refractivity contribution in [2.45, 2.75) is 25.6 Å². The number of aliphatic hydroxyl groups is 1. The molecule has 0 aliphatic rings. The molecule has 0 saturated carbocycles. The smallest absolute Gasteiger partial charge is 0.127 e. The summed E-state index contributed by atoms with van der Waals surface area (Å²) >= 11 is 5.62. The van der Waals surface area contributed by atoms with Crippen LogP contribution in [0.25, 0.3) is 0 Å². The second-order valence-electron chi connectivity index (χ2n) is 3.45. The molecule has 1 aromatic rings. The SMILES string of the molecule is COC(C)C(O)Cc1ccc(Cl)cc1F. The molecule has 0 fully saturated rings. The summed E-state index contributed by atoms with van der Waals surface area (Å²) in [5.41, 5.74) is 0.441. The Balaban J connectivity index is 2.72. The maximum atomic E-state index is 13.3. The molecular weight excluding hydrogens is 219 g/mol. The van der Waals surface area contributed by atoms with Crippen molar-refractivity contribution < 1.29 is 14.2 Å². The predicted octanol–water partition coefficient (Wildman–Crippen LogP) is 2.42. The minimum absolute atomic E-state index is 0.220. The molecule has 0 saturated heterocycles. The highest BCUT2D eigenvalue weighted by atomic mass is 35.5. The van der Waals surface area contributed by atoms with Crippen molar-refractivity contribution in [3.05, 3.63) is 34.6 Å². The van der Waals surface area contributed by atoms with E-state index in [1.54, 1.807) is 19.1 Å². The van der Waals surface area contributed by atoms with Crippen molar-refractivity contribution in [2.75, 3.05) is 7.11 Å². The van der Waals surface area contributed by atoms with Crippen LogP contribution in [0.2, 0.25) is 5.02 Å². The highest BCUT2D eigenvalue weighted by Crippen LogP contribution is 2.17. The Labute approximate surface area is 93.6 Å². The average Bonchev–Trinajstić information content (AvgIpc) is 2.20. The molecule has 2 atom stereocenters. The largest absolute Gasteiger partial charge is 0.390 e. The third-order valence-electron chi connectivity index (χ3n) is 2.36. The van der Waals surface area contributed by atoms with Crippen LogP contribution in [0.15, 0.2) is 18.2 Å². The quantitative estimate of drug-likeness (QED) is 0.864. The lowest BCUT2D eigenvalue weighted by molar-refractivity contribution is 0.0000453. The lowest BCUT2D eigenvalue weighted by Gasteiger charge is -2.17. The van der Waals surface area contributed by atoms with Gasteiger partial charge in [-0.1, -0.05) is 17.7 Å². The zero-order valence-corrected chi connectivity index (χ0v) is 9.46. The monoisotopic (exact) mass is 232 g/mol. The number of hydrogen-bond acceptors (Lipinski definition) is 2. The first-order valence-corrected chi connectivity index (χ1v) is 5.07. The third-order valence-corrected chi connectivity index (χ3v) is 2.59. The molecule has 1 N–H and O–H groups in total. The normalized spacial score (nSPS) is 15.0. The Kier molecular flexibility index (Phi) is 4.51. The number of methoxy groups -OCH3 is 1. The minimum Gasteiger partial charge on any atom is -0.390 e. The molecule has 4 heteroatoms. The Hall–Kier alpha value is -0.640. The van der Waals surface area contributed by atoms with Gasteiger partial charge in [0.2, 0.25) is 0 Å². The van der Waals surface area contributed by atoms with E-state index in [2.05, 4.69) is 0 Å². The van der Waals surface area contributed by atoms with Crippen molar-refractivity contribution in [1.82, 2.24) is 0 Å². The van der Waals surface area contributed by atoms with Gasteiger partial charge in [-0.05, 0) is 24.6 Å². The molecular formula is C11H14ClFO2. The van der Waals surface area contributed by atoms with E-state index in [-0.39, 0.29) is 12.5 Å². The summed E-state index contributed by atoms with van der Waals surface area (Å²) in [5, 5.41) is 9.99. The molecule has 2 unspecified atom stereocenters. The minimum atomic E-state index is -0.717. The summed E-state index contributed by atoms with van der Waals surface area (Å²) in [7, 11) is 1.51. The fraction of sp³-hybridized carbons (Fsp3) is 0.455. The molecule has 1 rings (SSSR count). The van der Waals surface area contributed by atoms with Crippen LogP contribution in [-0.4, -0.2) is 24.4 Å². The zero-order chi connectivity index (χ0) is 11.4. The van der Waals surface area contributed by atoms with E-state index in [0.29, 0.717) is 10.6 Å². The van der Waals surface area contributed by atoms with Gasteiger partial charge in [0.1, 0.15) is 5.82 Å². The second kappa shape index (κ2) is 5.45. The Morgan fingerprint density at radius 3 is 2.73 bits per heavy atom. The van der Waals surface area contributed by atoms with E-state index in [9.17, 15) is 9.50 Å². The van der Waals surface area contributed by atoms with Crippen LogP contribution in [-0.2, 0) is 11.2 Å². The summed E-state index contributed by atoms with van der Waals surface area (Å²) in [6.07, 6.45) is -0.816. The van der Waals surface area contributed by atoms with E-state index in [0.717, 1.165) is 0 Å². The van der Waals surface area contributed by atoms with Gasteiger partial charge >= 0.3 is 0 Å². The van der Waals surface area contributed by atoms with Gasteiger partial charge in [-0.25, -0.2) is 4.39 Å². The summed E-state index contributed by atoms with van der Waals surface area (Å²) in [5.74, 6) is -0.398. The molecule has 0 heterocycles. The van der Waals surface area contributed by atoms with Crippen LogP contribution in [0.5, 0.6) is 0 Å². The van der Waals surface area contributed by atoms with Gasteiger partial charge in [-0.15, -0.1) is 0 Å². The predicted molar refractivity (Wildman–Crippen MR) is 57.6 cm³/mol. The van der Waals surface area contributed by atoms with Gasteiger partial charge in [0.15, 0.2) is 0 Å². The molecule has 0 bridgehead atoms. The van der Waals surface area contributed by atoms with Gasteiger partial charge in [0, 0.05) is 18.6 Å². The number of benzene rings is 1. The number of aliphatic hydroxyl groups excluding tert-OH is 1. The lowest BCUT2D eigenvalue weighted by atomic mass is 10.0. The van der Waals surface area contributed by atoms with Crippen LogP contribution >= 0.6 is 11.6 Å². The first-order chi connectivity index (χ1) is 7.04. The molecule has 0 aliphatic carbocycles. The van der Waals surface area contributed by atoms with E-state index in [1.165, 1.54) is 13.2 Å². The Morgan fingerprint density at radius 1 is 1.53 bits per heavy atom.